The Morgan fingerprint density at radius 1 is 1.32 bits per heavy atom. The van der Waals surface area contributed by atoms with Gasteiger partial charge in [-0.25, -0.2) is 13.4 Å². The molecule has 0 amide bonds. The standard InChI is InChI=1S/C13H19N3O2S/c1-12(6-7-12)19(17,18)16-8-3-10-11(15-9-14-10)13(16)4-2-5-13/h9H,2-8H2,1H3,(H,14,15). The first-order valence-corrected chi connectivity index (χ1v) is 8.49. The van der Waals surface area contributed by atoms with E-state index in [1.807, 2.05) is 6.92 Å². The fraction of sp³-hybridized carbons (Fsp3) is 0.769. The van der Waals surface area contributed by atoms with Crippen molar-refractivity contribution in [3.05, 3.63) is 17.7 Å². The smallest absolute Gasteiger partial charge is 0.220 e. The monoisotopic (exact) mass is 281 g/mol. The average molecular weight is 281 g/mol. The number of imidazole rings is 1. The maximum Gasteiger partial charge on any atom is 0.220 e. The summed E-state index contributed by atoms with van der Waals surface area (Å²) in [4.78, 5) is 7.61. The summed E-state index contributed by atoms with van der Waals surface area (Å²) >= 11 is 0. The third-order valence-electron chi connectivity index (χ3n) is 5.25. The Labute approximate surface area is 113 Å². The number of aromatic nitrogens is 2. The van der Waals surface area contributed by atoms with Crippen molar-refractivity contribution in [3.8, 4) is 0 Å². The van der Waals surface area contributed by atoms with Crippen molar-refractivity contribution in [1.82, 2.24) is 14.3 Å². The van der Waals surface area contributed by atoms with Crippen LogP contribution in [-0.2, 0) is 22.0 Å². The molecule has 19 heavy (non-hydrogen) atoms. The van der Waals surface area contributed by atoms with Crippen molar-refractivity contribution in [2.75, 3.05) is 6.54 Å². The molecule has 1 aromatic rings. The molecule has 0 radical (unpaired) electrons. The van der Waals surface area contributed by atoms with E-state index in [9.17, 15) is 8.42 Å². The van der Waals surface area contributed by atoms with Gasteiger partial charge in [-0.2, -0.15) is 4.31 Å². The number of aromatic amines is 1. The van der Waals surface area contributed by atoms with E-state index < -0.39 is 14.8 Å². The molecule has 0 atom stereocenters. The van der Waals surface area contributed by atoms with Gasteiger partial charge in [-0.05, 0) is 39.0 Å². The third-order valence-corrected chi connectivity index (χ3v) is 8.02. The van der Waals surface area contributed by atoms with E-state index in [4.69, 9.17) is 0 Å². The highest BCUT2D eigenvalue weighted by Crippen LogP contribution is 2.54. The normalized spacial score (nSPS) is 27.8. The molecule has 2 saturated carbocycles. The first-order chi connectivity index (χ1) is 9.00. The molecule has 2 fully saturated rings. The molecule has 0 aromatic carbocycles. The first-order valence-electron chi connectivity index (χ1n) is 7.05. The van der Waals surface area contributed by atoms with Gasteiger partial charge in [0.2, 0.25) is 10.0 Å². The first kappa shape index (κ1) is 11.9. The minimum atomic E-state index is -3.20. The molecule has 104 valence electrons. The van der Waals surface area contributed by atoms with Gasteiger partial charge in [-0.3, -0.25) is 0 Å². The summed E-state index contributed by atoms with van der Waals surface area (Å²) < 4.78 is 27.1. The lowest BCUT2D eigenvalue weighted by atomic mass is 9.72. The molecule has 1 spiro atoms. The predicted molar refractivity (Wildman–Crippen MR) is 71.1 cm³/mol. The van der Waals surface area contributed by atoms with Gasteiger partial charge in [0.05, 0.1) is 22.3 Å². The number of fused-ring (bicyclic) bond motifs is 2. The number of hydrogen-bond donors (Lipinski definition) is 1. The van der Waals surface area contributed by atoms with E-state index in [1.165, 1.54) is 0 Å². The quantitative estimate of drug-likeness (QED) is 0.894. The third kappa shape index (κ3) is 1.34. The Balaban J connectivity index is 1.82. The lowest BCUT2D eigenvalue weighted by molar-refractivity contribution is 0.0690. The second kappa shape index (κ2) is 3.41. The summed E-state index contributed by atoms with van der Waals surface area (Å²) in [6.07, 6.45) is 6.99. The molecule has 5 nitrogen and oxygen atoms in total. The molecular weight excluding hydrogens is 262 g/mol. The molecule has 1 N–H and O–H groups in total. The Kier molecular flexibility index (Phi) is 2.14. The van der Waals surface area contributed by atoms with Crippen LogP contribution in [0.2, 0.25) is 0 Å². The van der Waals surface area contributed by atoms with Crippen LogP contribution in [-0.4, -0.2) is 34.0 Å². The topological polar surface area (TPSA) is 66.1 Å². The van der Waals surface area contributed by atoms with Crippen LogP contribution in [0.3, 0.4) is 0 Å². The van der Waals surface area contributed by atoms with Gasteiger partial charge >= 0.3 is 0 Å². The van der Waals surface area contributed by atoms with E-state index in [2.05, 4.69) is 9.97 Å². The largest absolute Gasteiger partial charge is 0.348 e. The Bertz CT molecular complexity index is 626. The zero-order chi connectivity index (χ0) is 13.3. The number of hydrogen-bond acceptors (Lipinski definition) is 3. The van der Waals surface area contributed by atoms with Crippen LogP contribution in [0.1, 0.15) is 50.4 Å². The fourth-order valence-corrected chi connectivity index (χ4v) is 5.72. The summed E-state index contributed by atoms with van der Waals surface area (Å²) in [5.74, 6) is 0. The van der Waals surface area contributed by atoms with Crippen LogP contribution in [0, 0.1) is 0 Å². The molecule has 0 saturated heterocycles. The zero-order valence-corrected chi connectivity index (χ0v) is 12.0. The Hall–Kier alpha value is -0.880. The minimum absolute atomic E-state index is 0.335. The molecule has 1 aliphatic heterocycles. The molecule has 0 unspecified atom stereocenters. The molecule has 6 heteroatoms. The highest BCUT2D eigenvalue weighted by molar-refractivity contribution is 7.90. The summed E-state index contributed by atoms with van der Waals surface area (Å²) in [6.45, 7) is 2.49. The summed E-state index contributed by atoms with van der Waals surface area (Å²) in [6, 6.07) is 0. The summed E-state index contributed by atoms with van der Waals surface area (Å²) in [7, 11) is -3.20. The average Bonchev–Trinajstić information content (AvgIpc) is 2.91. The Morgan fingerprint density at radius 2 is 2.05 bits per heavy atom. The molecule has 2 aliphatic carbocycles. The van der Waals surface area contributed by atoms with Gasteiger partial charge in [0.15, 0.2) is 0 Å². The van der Waals surface area contributed by atoms with E-state index >= 15 is 0 Å². The van der Waals surface area contributed by atoms with E-state index in [-0.39, 0.29) is 5.54 Å². The second-order valence-corrected chi connectivity index (χ2v) is 8.77. The van der Waals surface area contributed by atoms with Crippen molar-refractivity contribution in [2.24, 2.45) is 0 Å². The Morgan fingerprint density at radius 3 is 2.63 bits per heavy atom. The maximum atomic E-state index is 12.9. The van der Waals surface area contributed by atoms with Gasteiger partial charge in [0, 0.05) is 18.7 Å². The number of rotatable bonds is 2. The lowest BCUT2D eigenvalue weighted by Crippen LogP contribution is -2.59. The van der Waals surface area contributed by atoms with Gasteiger partial charge < -0.3 is 4.98 Å². The molecule has 1 aromatic heterocycles. The van der Waals surface area contributed by atoms with Crippen LogP contribution < -0.4 is 0 Å². The van der Waals surface area contributed by atoms with Gasteiger partial charge in [-0.1, -0.05) is 0 Å². The van der Waals surface area contributed by atoms with Crippen LogP contribution >= 0.6 is 0 Å². The van der Waals surface area contributed by atoms with Crippen molar-refractivity contribution in [3.63, 3.8) is 0 Å². The van der Waals surface area contributed by atoms with Crippen molar-refractivity contribution in [1.29, 1.82) is 0 Å². The zero-order valence-electron chi connectivity index (χ0n) is 11.1. The SMILES string of the molecule is CC1(S(=O)(=O)N2CCc3[nH]cnc3C23CCC3)CC1. The number of nitrogens with one attached hydrogen (secondary N) is 1. The van der Waals surface area contributed by atoms with Crippen molar-refractivity contribution < 1.29 is 8.42 Å². The minimum Gasteiger partial charge on any atom is -0.348 e. The highest BCUT2D eigenvalue weighted by Gasteiger charge is 2.60. The molecule has 2 heterocycles. The predicted octanol–water partition coefficient (Wildman–Crippen LogP) is 1.53. The van der Waals surface area contributed by atoms with Gasteiger partial charge in [0.25, 0.3) is 0 Å². The van der Waals surface area contributed by atoms with Crippen LogP contribution in [0.5, 0.6) is 0 Å². The highest BCUT2D eigenvalue weighted by atomic mass is 32.2. The molecule has 3 aliphatic rings. The van der Waals surface area contributed by atoms with Gasteiger partial charge in [-0.15, -0.1) is 0 Å². The molecular formula is C13H19N3O2S. The number of nitrogens with zero attached hydrogens (tertiary/aromatic N) is 2. The van der Waals surface area contributed by atoms with Gasteiger partial charge in [0.1, 0.15) is 0 Å². The van der Waals surface area contributed by atoms with Crippen LogP contribution in [0.4, 0.5) is 0 Å². The van der Waals surface area contributed by atoms with Crippen molar-refractivity contribution >= 4 is 10.0 Å². The van der Waals surface area contributed by atoms with Crippen molar-refractivity contribution in [2.45, 2.75) is 55.7 Å². The molecule has 0 bridgehead atoms. The molecule has 4 rings (SSSR count). The maximum absolute atomic E-state index is 12.9. The van der Waals surface area contributed by atoms with E-state index in [0.717, 1.165) is 49.9 Å². The second-order valence-electron chi connectivity index (χ2n) is 6.39. The van der Waals surface area contributed by atoms with Crippen LogP contribution in [0.25, 0.3) is 0 Å². The fourth-order valence-electron chi connectivity index (χ4n) is 3.51. The lowest BCUT2D eigenvalue weighted by Gasteiger charge is -2.51. The van der Waals surface area contributed by atoms with Crippen LogP contribution in [0.15, 0.2) is 6.33 Å². The summed E-state index contributed by atoms with van der Waals surface area (Å²) in [5, 5.41) is 0. The summed E-state index contributed by atoms with van der Waals surface area (Å²) in [5.41, 5.74) is 1.78. The van der Waals surface area contributed by atoms with E-state index in [1.54, 1.807) is 10.6 Å². The van der Waals surface area contributed by atoms with E-state index in [0.29, 0.717) is 6.54 Å². The number of H-pyrrole nitrogens is 1. The number of sulfonamides is 1.